The molecule has 5 nitrogen and oxygen atoms in total. The molecule has 0 aliphatic heterocycles. The third kappa shape index (κ3) is 2.99. The smallest absolute Gasteiger partial charge is 0.259 e. The summed E-state index contributed by atoms with van der Waals surface area (Å²) in [4.78, 5) is 16.6. The molecule has 0 fully saturated rings. The average Bonchev–Trinajstić information content (AvgIpc) is 2.93. The van der Waals surface area contributed by atoms with E-state index in [1.807, 2.05) is 51.1 Å². The summed E-state index contributed by atoms with van der Waals surface area (Å²) < 4.78 is 1.74. The van der Waals surface area contributed by atoms with Crippen molar-refractivity contribution in [1.82, 2.24) is 14.8 Å². The first-order valence-corrected chi connectivity index (χ1v) is 7.40. The van der Waals surface area contributed by atoms with E-state index in [4.69, 9.17) is 0 Å². The number of carbonyl (C=O) groups is 1. The molecule has 0 unspecified atom stereocenters. The van der Waals surface area contributed by atoms with E-state index in [1.54, 1.807) is 23.3 Å². The topological polar surface area (TPSA) is 59.8 Å². The zero-order valence-corrected chi connectivity index (χ0v) is 13.4. The highest BCUT2D eigenvalue weighted by Gasteiger charge is 2.16. The number of benzene rings is 1. The summed E-state index contributed by atoms with van der Waals surface area (Å²) >= 11 is 0. The van der Waals surface area contributed by atoms with Crippen LogP contribution in [0.5, 0.6) is 0 Å². The zero-order chi connectivity index (χ0) is 16.4. The second-order valence-electron chi connectivity index (χ2n) is 5.53. The van der Waals surface area contributed by atoms with Gasteiger partial charge in [0.2, 0.25) is 0 Å². The van der Waals surface area contributed by atoms with E-state index >= 15 is 0 Å². The molecule has 0 radical (unpaired) electrons. The number of amides is 1. The fourth-order valence-electron chi connectivity index (χ4n) is 2.44. The van der Waals surface area contributed by atoms with Crippen molar-refractivity contribution in [2.24, 2.45) is 0 Å². The van der Waals surface area contributed by atoms with Gasteiger partial charge in [-0.15, -0.1) is 0 Å². The van der Waals surface area contributed by atoms with Crippen LogP contribution < -0.4 is 5.32 Å². The van der Waals surface area contributed by atoms with Crippen molar-refractivity contribution >= 4 is 11.6 Å². The largest absolute Gasteiger partial charge is 0.322 e. The molecule has 2 heterocycles. The first kappa shape index (κ1) is 15.0. The number of nitrogens with one attached hydrogen (secondary N) is 1. The highest BCUT2D eigenvalue weighted by atomic mass is 16.1. The Morgan fingerprint density at radius 2 is 1.83 bits per heavy atom. The Morgan fingerprint density at radius 1 is 1.09 bits per heavy atom. The normalized spacial score (nSPS) is 10.6. The standard InChI is InChI=1S/C18H18N4O/c1-12-4-5-13(2)17(10-12)21-18(23)16-11-20-22(14(16)3)15-6-8-19-9-7-15/h4-11H,1-3H3,(H,21,23). The first-order chi connectivity index (χ1) is 11.1. The number of aromatic nitrogens is 3. The van der Waals surface area contributed by atoms with Gasteiger partial charge in [0.15, 0.2) is 0 Å². The van der Waals surface area contributed by atoms with Crippen LogP contribution in [-0.4, -0.2) is 20.7 Å². The molecule has 116 valence electrons. The molecule has 0 atom stereocenters. The van der Waals surface area contributed by atoms with Gasteiger partial charge in [-0.3, -0.25) is 9.78 Å². The Labute approximate surface area is 135 Å². The molecule has 1 amide bonds. The lowest BCUT2D eigenvalue weighted by Crippen LogP contribution is -2.14. The molecule has 0 aliphatic carbocycles. The predicted molar refractivity (Wildman–Crippen MR) is 90.0 cm³/mol. The van der Waals surface area contributed by atoms with Gasteiger partial charge >= 0.3 is 0 Å². The molecule has 3 rings (SSSR count). The number of pyridine rings is 1. The summed E-state index contributed by atoms with van der Waals surface area (Å²) in [5.41, 5.74) is 5.19. The number of anilines is 1. The van der Waals surface area contributed by atoms with E-state index in [9.17, 15) is 4.79 Å². The first-order valence-electron chi connectivity index (χ1n) is 7.40. The van der Waals surface area contributed by atoms with Crippen LogP contribution in [0.4, 0.5) is 5.69 Å². The van der Waals surface area contributed by atoms with Crippen molar-refractivity contribution < 1.29 is 4.79 Å². The molecule has 0 spiro atoms. The average molecular weight is 306 g/mol. The Hall–Kier alpha value is -2.95. The van der Waals surface area contributed by atoms with E-state index in [0.29, 0.717) is 5.56 Å². The van der Waals surface area contributed by atoms with Crippen molar-refractivity contribution in [1.29, 1.82) is 0 Å². The summed E-state index contributed by atoms with van der Waals surface area (Å²) in [6, 6.07) is 9.70. The Bertz CT molecular complexity index is 853. The van der Waals surface area contributed by atoms with Crippen LogP contribution in [0.1, 0.15) is 27.2 Å². The van der Waals surface area contributed by atoms with Gasteiger partial charge in [-0.25, -0.2) is 4.68 Å². The van der Waals surface area contributed by atoms with Gasteiger partial charge in [0.05, 0.1) is 23.1 Å². The Kier molecular flexibility index (Phi) is 3.93. The molecule has 1 N–H and O–H groups in total. The van der Waals surface area contributed by atoms with Crippen molar-refractivity contribution in [3.63, 3.8) is 0 Å². The van der Waals surface area contributed by atoms with Crippen molar-refractivity contribution in [2.75, 3.05) is 5.32 Å². The van der Waals surface area contributed by atoms with Crippen LogP contribution in [0.2, 0.25) is 0 Å². The molecule has 3 aromatic rings. The second kappa shape index (κ2) is 6.04. The number of hydrogen-bond donors (Lipinski definition) is 1. The number of hydrogen-bond acceptors (Lipinski definition) is 3. The summed E-state index contributed by atoms with van der Waals surface area (Å²) in [5.74, 6) is -0.156. The van der Waals surface area contributed by atoms with Crippen LogP contribution in [0.15, 0.2) is 48.9 Å². The minimum atomic E-state index is -0.156. The maximum absolute atomic E-state index is 12.6. The maximum atomic E-state index is 12.6. The van der Waals surface area contributed by atoms with Gasteiger partial charge in [0.1, 0.15) is 0 Å². The Balaban J connectivity index is 1.89. The highest BCUT2D eigenvalue weighted by molar-refractivity contribution is 6.05. The number of aryl methyl sites for hydroxylation is 2. The molecule has 0 bridgehead atoms. The summed E-state index contributed by atoms with van der Waals surface area (Å²) in [7, 11) is 0. The number of carbonyl (C=O) groups excluding carboxylic acids is 1. The summed E-state index contributed by atoms with van der Waals surface area (Å²) in [6.45, 7) is 5.86. The summed E-state index contributed by atoms with van der Waals surface area (Å²) in [6.07, 6.45) is 4.99. The van der Waals surface area contributed by atoms with Gasteiger partial charge in [0, 0.05) is 18.1 Å². The van der Waals surface area contributed by atoms with Crippen LogP contribution in [0, 0.1) is 20.8 Å². The molecule has 0 aliphatic rings. The van der Waals surface area contributed by atoms with Gasteiger partial charge in [0.25, 0.3) is 5.91 Å². The minimum absolute atomic E-state index is 0.156. The fourth-order valence-corrected chi connectivity index (χ4v) is 2.44. The van der Waals surface area contributed by atoms with Gasteiger partial charge in [-0.2, -0.15) is 5.10 Å². The Morgan fingerprint density at radius 3 is 2.57 bits per heavy atom. The molecular formula is C18H18N4O. The van der Waals surface area contributed by atoms with Crippen LogP contribution >= 0.6 is 0 Å². The van der Waals surface area contributed by atoms with E-state index < -0.39 is 0 Å². The van der Waals surface area contributed by atoms with Gasteiger partial charge in [-0.1, -0.05) is 12.1 Å². The maximum Gasteiger partial charge on any atom is 0.259 e. The fraction of sp³-hybridized carbons (Fsp3) is 0.167. The molecule has 0 saturated heterocycles. The lowest BCUT2D eigenvalue weighted by molar-refractivity contribution is 0.102. The SMILES string of the molecule is Cc1ccc(C)c(NC(=O)c2cnn(-c3ccncc3)c2C)c1. The van der Waals surface area contributed by atoms with Crippen molar-refractivity contribution in [2.45, 2.75) is 20.8 Å². The quantitative estimate of drug-likeness (QED) is 0.806. The number of nitrogens with zero attached hydrogens (tertiary/aromatic N) is 3. The zero-order valence-electron chi connectivity index (χ0n) is 13.4. The number of rotatable bonds is 3. The van der Waals surface area contributed by atoms with E-state index in [1.165, 1.54) is 0 Å². The lowest BCUT2D eigenvalue weighted by Gasteiger charge is -2.09. The second-order valence-corrected chi connectivity index (χ2v) is 5.53. The molecular weight excluding hydrogens is 288 g/mol. The van der Waals surface area contributed by atoms with Crippen LogP contribution in [0.3, 0.4) is 0 Å². The summed E-state index contributed by atoms with van der Waals surface area (Å²) in [5, 5.41) is 7.29. The molecule has 23 heavy (non-hydrogen) atoms. The van der Waals surface area contributed by atoms with Crippen LogP contribution in [-0.2, 0) is 0 Å². The monoisotopic (exact) mass is 306 g/mol. The lowest BCUT2D eigenvalue weighted by atomic mass is 10.1. The third-order valence-electron chi connectivity index (χ3n) is 3.80. The van der Waals surface area contributed by atoms with Gasteiger partial charge in [-0.05, 0) is 50.1 Å². The third-order valence-corrected chi connectivity index (χ3v) is 3.80. The molecule has 0 saturated carbocycles. The molecule has 5 heteroatoms. The van der Waals surface area contributed by atoms with E-state index in [0.717, 1.165) is 28.2 Å². The van der Waals surface area contributed by atoms with Gasteiger partial charge < -0.3 is 5.32 Å². The van der Waals surface area contributed by atoms with Crippen molar-refractivity contribution in [3.8, 4) is 5.69 Å². The van der Waals surface area contributed by atoms with Crippen molar-refractivity contribution in [3.05, 3.63) is 71.3 Å². The van der Waals surface area contributed by atoms with Crippen LogP contribution in [0.25, 0.3) is 5.69 Å². The molecule has 2 aromatic heterocycles. The van der Waals surface area contributed by atoms with E-state index in [2.05, 4.69) is 15.4 Å². The molecule has 1 aromatic carbocycles. The van der Waals surface area contributed by atoms with E-state index in [-0.39, 0.29) is 5.91 Å². The predicted octanol–water partition coefficient (Wildman–Crippen LogP) is 3.44. The minimum Gasteiger partial charge on any atom is -0.322 e. The highest BCUT2D eigenvalue weighted by Crippen LogP contribution is 2.19.